The number of methoxy groups -OCH3 is 1. The minimum atomic E-state index is -0.0513. The van der Waals surface area contributed by atoms with E-state index in [1.165, 1.54) is 21.9 Å². The summed E-state index contributed by atoms with van der Waals surface area (Å²) in [5, 5.41) is 8.24. The molecule has 0 saturated heterocycles. The van der Waals surface area contributed by atoms with Crippen molar-refractivity contribution in [2.45, 2.75) is 12.3 Å². The zero-order chi connectivity index (χ0) is 19.1. The van der Waals surface area contributed by atoms with Gasteiger partial charge in [0, 0.05) is 5.92 Å². The van der Waals surface area contributed by atoms with Crippen LogP contribution in [0.15, 0.2) is 71.5 Å². The second-order valence-electron chi connectivity index (χ2n) is 7.17. The van der Waals surface area contributed by atoms with Crippen LogP contribution in [0, 0.1) is 0 Å². The Morgan fingerprint density at radius 1 is 0.929 bits per heavy atom. The predicted molar refractivity (Wildman–Crippen MR) is 113 cm³/mol. The van der Waals surface area contributed by atoms with E-state index in [0.29, 0.717) is 0 Å². The number of H-pyrrole nitrogens is 2. The molecule has 1 heterocycles. The number of benzene rings is 3. The van der Waals surface area contributed by atoms with Crippen molar-refractivity contribution < 1.29 is 4.74 Å². The van der Waals surface area contributed by atoms with Gasteiger partial charge < -0.3 is 4.74 Å². The van der Waals surface area contributed by atoms with E-state index in [1.54, 1.807) is 7.11 Å². The van der Waals surface area contributed by atoms with Crippen molar-refractivity contribution in [2.75, 3.05) is 7.11 Å². The van der Waals surface area contributed by atoms with Crippen molar-refractivity contribution in [1.29, 1.82) is 0 Å². The first kappa shape index (κ1) is 16.6. The van der Waals surface area contributed by atoms with Crippen molar-refractivity contribution >= 4 is 22.4 Å². The fourth-order valence-electron chi connectivity index (χ4n) is 4.11. The molecule has 5 rings (SSSR count). The molecular weight excluding hydrogens is 348 g/mol. The Kier molecular flexibility index (Phi) is 3.90. The number of fused-ring (bicyclic) bond motifs is 2. The Labute approximate surface area is 162 Å². The van der Waals surface area contributed by atoms with Gasteiger partial charge in [-0.3, -0.25) is 15.0 Å². The molecule has 1 unspecified atom stereocenters. The van der Waals surface area contributed by atoms with Crippen molar-refractivity contribution in [3.63, 3.8) is 0 Å². The first-order valence-corrected chi connectivity index (χ1v) is 9.37. The van der Waals surface area contributed by atoms with Crippen molar-refractivity contribution in [3.05, 3.63) is 99.5 Å². The summed E-state index contributed by atoms with van der Waals surface area (Å²) in [5.74, 6) is 0.815. The molecule has 0 aliphatic heterocycles. The molecule has 0 spiro atoms. The normalized spacial score (nSPS) is 15.9. The fourth-order valence-corrected chi connectivity index (χ4v) is 4.11. The smallest absolute Gasteiger partial charge is 0.268 e. The molecule has 0 fully saturated rings. The molecule has 1 aliphatic carbocycles. The maximum Gasteiger partial charge on any atom is 0.268 e. The van der Waals surface area contributed by atoms with Crippen LogP contribution in [0.25, 0.3) is 22.4 Å². The largest absolute Gasteiger partial charge is 0.497 e. The lowest BCUT2D eigenvalue weighted by Crippen LogP contribution is -2.16. The van der Waals surface area contributed by atoms with Gasteiger partial charge in [-0.25, -0.2) is 0 Å². The maximum absolute atomic E-state index is 12.4. The number of allylic oxidation sites excluding steroid dienone is 1. The van der Waals surface area contributed by atoms with Gasteiger partial charge in [-0.15, -0.1) is 0 Å². The molecule has 4 nitrogen and oxygen atoms in total. The number of aromatic nitrogens is 2. The number of nitrogens with one attached hydrogen (secondary N) is 2. The molecule has 4 aromatic rings. The van der Waals surface area contributed by atoms with Gasteiger partial charge in [-0.1, -0.05) is 48.5 Å². The van der Waals surface area contributed by atoms with Crippen LogP contribution in [0.5, 0.6) is 5.75 Å². The fraction of sp³-hybridized carbons (Fsp3) is 0.125. The van der Waals surface area contributed by atoms with Gasteiger partial charge in [-0.2, -0.15) is 0 Å². The van der Waals surface area contributed by atoms with Crippen LogP contribution in [0.2, 0.25) is 0 Å². The highest BCUT2D eigenvalue weighted by Crippen LogP contribution is 2.40. The van der Waals surface area contributed by atoms with Crippen molar-refractivity contribution in [3.8, 4) is 5.75 Å². The summed E-state index contributed by atoms with van der Waals surface area (Å²) >= 11 is 0. The highest BCUT2D eigenvalue weighted by atomic mass is 16.5. The van der Waals surface area contributed by atoms with Crippen molar-refractivity contribution in [1.82, 2.24) is 10.2 Å². The van der Waals surface area contributed by atoms with E-state index in [9.17, 15) is 4.79 Å². The third-order valence-corrected chi connectivity index (χ3v) is 5.57. The van der Waals surface area contributed by atoms with E-state index in [-0.39, 0.29) is 11.5 Å². The number of rotatable bonds is 3. The van der Waals surface area contributed by atoms with E-state index in [0.717, 1.165) is 29.0 Å². The van der Waals surface area contributed by atoms with E-state index >= 15 is 0 Å². The van der Waals surface area contributed by atoms with Crippen molar-refractivity contribution in [2.24, 2.45) is 0 Å². The molecule has 28 heavy (non-hydrogen) atoms. The first-order chi connectivity index (χ1) is 13.7. The van der Waals surface area contributed by atoms with Gasteiger partial charge in [0.15, 0.2) is 0 Å². The lowest BCUT2D eigenvalue weighted by atomic mass is 9.79. The second kappa shape index (κ2) is 6.57. The van der Waals surface area contributed by atoms with Gasteiger partial charge in [0.2, 0.25) is 0 Å². The molecule has 1 aromatic heterocycles. The minimum absolute atomic E-state index is 0.00220. The topological polar surface area (TPSA) is 57.9 Å². The minimum Gasteiger partial charge on any atom is -0.497 e. The highest BCUT2D eigenvalue weighted by Gasteiger charge is 2.27. The summed E-state index contributed by atoms with van der Waals surface area (Å²) in [6.07, 6.45) is 2.87. The lowest BCUT2D eigenvalue weighted by molar-refractivity contribution is 0.414. The van der Waals surface area contributed by atoms with E-state index < -0.39 is 0 Å². The van der Waals surface area contributed by atoms with Crippen LogP contribution in [-0.2, 0) is 0 Å². The monoisotopic (exact) mass is 368 g/mol. The summed E-state index contributed by atoms with van der Waals surface area (Å²) in [5.41, 5.74) is 5.12. The zero-order valence-electron chi connectivity index (χ0n) is 15.5. The Morgan fingerprint density at radius 3 is 2.50 bits per heavy atom. The average Bonchev–Trinajstić information content (AvgIpc) is 3.13. The van der Waals surface area contributed by atoms with Crippen LogP contribution in [0.4, 0.5) is 0 Å². The maximum atomic E-state index is 12.4. The standard InChI is InChI=1S/C24H20N2O2/c1-28-20-10-8-16(9-11-20)21-13-19(14-22-23(21)24(27)26-25-22)18-7-6-15-4-2-3-5-17(15)12-18/h2-12,14,21H,13H2,1H3,(H2,25,26,27). The Hall–Kier alpha value is -3.53. The molecule has 3 aromatic carbocycles. The van der Waals surface area contributed by atoms with Gasteiger partial charge in [0.25, 0.3) is 5.56 Å². The lowest BCUT2D eigenvalue weighted by Gasteiger charge is -2.23. The number of ether oxygens (including phenoxy) is 1. The third kappa shape index (κ3) is 2.74. The summed E-state index contributed by atoms with van der Waals surface area (Å²) in [6, 6.07) is 22.9. The number of hydrogen-bond donors (Lipinski definition) is 2. The second-order valence-corrected chi connectivity index (χ2v) is 7.17. The molecule has 1 atom stereocenters. The van der Waals surface area contributed by atoms with E-state index in [2.05, 4.69) is 58.7 Å². The van der Waals surface area contributed by atoms with Crippen LogP contribution >= 0.6 is 0 Å². The molecule has 0 amide bonds. The summed E-state index contributed by atoms with van der Waals surface area (Å²) in [4.78, 5) is 12.4. The number of hydrogen-bond acceptors (Lipinski definition) is 2. The molecule has 4 heteroatoms. The average molecular weight is 368 g/mol. The van der Waals surface area contributed by atoms with E-state index in [4.69, 9.17) is 4.74 Å². The first-order valence-electron chi connectivity index (χ1n) is 9.37. The van der Waals surface area contributed by atoms with Gasteiger partial charge in [-0.05, 0) is 58.2 Å². The zero-order valence-corrected chi connectivity index (χ0v) is 15.5. The van der Waals surface area contributed by atoms with Gasteiger partial charge in [0.05, 0.1) is 18.4 Å². The van der Waals surface area contributed by atoms with Crippen LogP contribution in [-0.4, -0.2) is 17.3 Å². The molecule has 1 aliphatic rings. The Bertz CT molecular complexity index is 1250. The highest BCUT2D eigenvalue weighted by molar-refractivity contribution is 5.91. The molecule has 0 bridgehead atoms. The van der Waals surface area contributed by atoms with Crippen LogP contribution in [0.1, 0.15) is 34.7 Å². The summed E-state index contributed by atoms with van der Waals surface area (Å²) in [7, 11) is 1.66. The molecular formula is C24H20N2O2. The Balaban J connectivity index is 1.61. The third-order valence-electron chi connectivity index (χ3n) is 5.57. The summed E-state index contributed by atoms with van der Waals surface area (Å²) < 4.78 is 5.28. The van der Waals surface area contributed by atoms with Gasteiger partial charge in [0.1, 0.15) is 5.75 Å². The predicted octanol–water partition coefficient (Wildman–Crippen LogP) is 4.94. The molecule has 0 saturated carbocycles. The molecule has 0 radical (unpaired) electrons. The van der Waals surface area contributed by atoms with Crippen LogP contribution in [0.3, 0.4) is 0 Å². The van der Waals surface area contributed by atoms with Gasteiger partial charge >= 0.3 is 0 Å². The quantitative estimate of drug-likeness (QED) is 0.538. The molecule has 2 N–H and O–H groups in total. The summed E-state index contributed by atoms with van der Waals surface area (Å²) in [6.45, 7) is 0. The van der Waals surface area contributed by atoms with E-state index in [1.807, 2.05) is 24.3 Å². The Morgan fingerprint density at radius 2 is 1.71 bits per heavy atom. The molecule has 138 valence electrons. The van der Waals surface area contributed by atoms with Crippen LogP contribution < -0.4 is 10.3 Å². The number of aromatic amines is 2. The SMILES string of the molecule is COc1ccc(C2CC(c3ccc4ccccc4c3)=Cc3[nH][nH]c(=O)c32)cc1.